The highest BCUT2D eigenvalue weighted by molar-refractivity contribution is 5.88. The lowest BCUT2D eigenvalue weighted by molar-refractivity contribution is -0.167. The molecular formula is C19H19F2N3O2. The normalized spacial score (nSPS) is 32.6. The average molecular weight is 359 g/mol. The number of ether oxygens (including phenoxy) is 1. The summed E-state index contributed by atoms with van der Waals surface area (Å²) in [5.74, 6) is -3.77. The molecule has 2 unspecified atom stereocenters. The molecule has 2 atom stereocenters. The van der Waals surface area contributed by atoms with Crippen molar-refractivity contribution in [2.24, 2.45) is 23.2 Å². The van der Waals surface area contributed by atoms with Crippen molar-refractivity contribution >= 4 is 22.7 Å². The summed E-state index contributed by atoms with van der Waals surface area (Å²) < 4.78 is 33.9. The molecule has 4 bridgehead atoms. The molecule has 136 valence electrons. The highest BCUT2D eigenvalue weighted by Crippen LogP contribution is 2.84. The van der Waals surface area contributed by atoms with Crippen molar-refractivity contribution in [2.75, 3.05) is 18.5 Å². The van der Waals surface area contributed by atoms with Crippen molar-refractivity contribution < 1.29 is 18.3 Å². The van der Waals surface area contributed by atoms with Gasteiger partial charge < -0.3 is 10.1 Å². The molecule has 0 saturated heterocycles. The fraction of sp³-hybridized carbons (Fsp3) is 0.526. The SMILES string of the molecule is O=C(OCCCNc1ncnc2ccccc12)C12C3CC(CC31)C2(F)F. The van der Waals surface area contributed by atoms with Crippen molar-refractivity contribution in [3.63, 3.8) is 0 Å². The third kappa shape index (κ3) is 1.91. The molecule has 4 aliphatic carbocycles. The molecule has 26 heavy (non-hydrogen) atoms. The summed E-state index contributed by atoms with van der Waals surface area (Å²) in [5.41, 5.74) is -0.647. The van der Waals surface area contributed by atoms with Crippen LogP contribution >= 0.6 is 0 Å². The minimum Gasteiger partial charge on any atom is -0.465 e. The number of benzene rings is 1. The van der Waals surface area contributed by atoms with E-state index >= 15 is 0 Å². The number of hydrogen-bond donors (Lipinski definition) is 1. The summed E-state index contributed by atoms with van der Waals surface area (Å²) in [7, 11) is 0. The van der Waals surface area contributed by atoms with Gasteiger partial charge in [0.2, 0.25) is 0 Å². The van der Waals surface area contributed by atoms with E-state index in [4.69, 9.17) is 4.74 Å². The fourth-order valence-corrected chi connectivity index (χ4v) is 5.22. The van der Waals surface area contributed by atoms with Gasteiger partial charge in [0.05, 0.1) is 12.1 Å². The zero-order valence-corrected chi connectivity index (χ0v) is 14.1. The Morgan fingerprint density at radius 2 is 2.00 bits per heavy atom. The lowest BCUT2D eigenvalue weighted by Crippen LogP contribution is -2.37. The number of carbonyl (C=O) groups excluding carboxylic acids is 1. The van der Waals surface area contributed by atoms with E-state index in [1.807, 2.05) is 24.3 Å². The molecule has 7 heteroatoms. The molecule has 1 N–H and O–H groups in total. The van der Waals surface area contributed by atoms with Crippen LogP contribution in [0.3, 0.4) is 0 Å². The van der Waals surface area contributed by atoms with Crippen LogP contribution < -0.4 is 5.32 Å². The number of rotatable bonds is 6. The number of alkyl halides is 2. The predicted octanol–water partition coefficient (Wildman–Crippen LogP) is 3.27. The third-order valence-corrected chi connectivity index (χ3v) is 6.41. The zero-order valence-electron chi connectivity index (χ0n) is 14.1. The monoisotopic (exact) mass is 359 g/mol. The zero-order chi connectivity index (χ0) is 17.9. The molecular weight excluding hydrogens is 340 g/mol. The maximum Gasteiger partial charge on any atom is 0.318 e. The van der Waals surface area contributed by atoms with Gasteiger partial charge >= 0.3 is 5.97 Å². The first kappa shape index (κ1) is 15.9. The van der Waals surface area contributed by atoms with Crippen molar-refractivity contribution in [3.8, 4) is 0 Å². The number of nitrogens with zero attached hydrogens (tertiary/aromatic N) is 2. The number of esters is 1. The Morgan fingerprint density at radius 1 is 1.23 bits per heavy atom. The van der Waals surface area contributed by atoms with Crippen LogP contribution in [0.15, 0.2) is 30.6 Å². The molecule has 1 aromatic carbocycles. The molecule has 4 aliphatic rings. The first-order chi connectivity index (χ1) is 12.6. The van der Waals surface area contributed by atoms with E-state index in [0.717, 1.165) is 10.9 Å². The van der Waals surface area contributed by atoms with Gasteiger partial charge in [0.1, 0.15) is 17.6 Å². The van der Waals surface area contributed by atoms with E-state index < -0.39 is 23.2 Å². The van der Waals surface area contributed by atoms with E-state index in [1.54, 1.807) is 0 Å². The number of anilines is 1. The van der Waals surface area contributed by atoms with Crippen LogP contribution in [0.25, 0.3) is 10.9 Å². The minimum atomic E-state index is -2.88. The van der Waals surface area contributed by atoms with Gasteiger partial charge in [-0.15, -0.1) is 0 Å². The molecule has 1 aromatic heterocycles. The van der Waals surface area contributed by atoms with Crippen LogP contribution in [0.4, 0.5) is 14.6 Å². The van der Waals surface area contributed by atoms with Crippen LogP contribution in [-0.4, -0.2) is 35.0 Å². The highest BCUT2D eigenvalue weighted by atomic mass is 19.3. The van der Waals surface area contributed by atoms with Crippen LogP contribution in [0, 0.1) is 23.2 Å². The second-order valence-electron chi connectivity index (χ2n) is 7.53. The number of para-hydroxylation sites is 1. The Labute approximate surface area is 149 Å². The molecule has 2 aromatic rings. The van der Waals surface area contributed by atoms with E-state index in [0.29, 0.717) is 31.6 Å². The summed E-state index contributed by atoms with van der Waals surface area (Å²) in [6.07, 6.45) is 2.99. The molecule has 0 amide bonds. The molecule has 0 spiro atoms. The first-order valence-electron chi connectivity index (χ1n) is 9.05. The number of fused-ring (bicyclic) bond motifs is 1. The molecule has 4 saturated carbocycles. The third-order valence-electron chi connectivity index (χ3n) is 6.41. The summed E-state index contributed by atoms with van der Waals surface area (Å²) in [4.78, 5) is 20.8. The summed E-state index contributed by atoms with van der Waals surface area (Å²) in [6, 6.07) is 7.66. The average Bonchev–Trinajstić information content (AvgIpc) is 2.88. The van der Waals surface area contributed by atoms with Gasteiger partial charge in [-0.25, -0.2) is 18.7 Å². The molecule has 5 nitrogen and oxygen atoms in total. The Kier molecular flexibility index (Phi) is 3.27. The molecule has 6 rings (SSSR count). The maximum absolute atomic E-state index is 14.3. The van der Waals surface area contributed by atoms with E-state index in [-0.39, 0.29) is 18.4 Å². The predicted molar refractivity (Wildman–Crippen MR) is 90.7 cm³/mol. The van der Waals surface area contributed by atoms with Gasteiger partial charge in [0.25, 0.3) is 5.92 Å². The maximum atomic E-state index is 14.3. The van der Waals surface area contributed by atoms with Gasteiger partial charge in [-0.3, -0.25) is 4.79 Å². The quantitative estimate of drug-likeness (QED) is 0.634. The summed E-state index contributed by atoms with van der Waals surface area (Å²) >= 11 is 0. The van der Waals surface area contributed by atoms with E-state index in [1.165, 1.54) is 6.33 Å². The molecule has 0 radical (unpaired) electrons. The van der Waals surface area contributed by atoms with Crippen molar-refractivity contribution in [3.05, 3.63) is 30.6 Å². The summed E-state index contributed by atoms with van der Waals surface area (Å²) in [5, 5.41) is 4.11. The second kappa shape index (κ2) is 5.34. The topological polar surface area (TPSA) is 64.1 Å². The lowest BCUT2D eigenvalue weighted by atomic mass is 9.99. The van der Waals surface area contributed by atoms with Crippen LogP contribution in [0.2, 0.25) is 0 Å². The Hall–Kier alpha value is -2.31. The van der Waals surface area contributed by atoms with E-state index in [9.17, 15) is 13.6 Å². The van der Waals surface area contributed by atoms with Gasteiger partial charge in [-0.2, -0.15) is 0 Å². The van der Waals surface area contributed by atoms with Gasteiger partial charge in [0, 0.05) is 17.8 Å². The molecule has 4 fully saturated rings. The number of hydrogen-bond acceptors (Lipinski definition) is 5. The van der Waals surface area contributed by atoms with Gasteiger partial charge in [-0.05, 0) is 43.2 Å². The van der Waals surface area contributed by atoms with Crippen LogP contribution in [0.1, 0.15) is 19.3 Å². The Balaban J connectivity index is 1.15. The van der Waals surface area contributed by atoms with Gasteiger partial charge in [-0.1, -0.05) is 12.1 Å². The number of aromatic nitrogens is 2. The molecule has 0 aliphatic heterocycles. The number of nitrogens with one attached hydrogen (secondary N) is 1. The highest BCUT2D eigenvalue weighted by Gasteiger charge is 2.92. The van der Waals surface area contributed by atoms with Crippen LogP contribution in [0.5, 0.6) is 0 Å². The minimum absolute atomic E-state index is 0.136. The fourth-order valence-electron chi connectivity index (χ4n) is 5.22. The second-order valence-corrected chi connectivity index (χ2v) is 7.53. The first-order valence-corrected chi connectivity index (χ1v) is 9.05. The summed E-state index contributed by atoms with van der Waals surface area (Å²) in [6.45, 7) is 0.671. The van der Waals surface area contributed by atoms with E-state index in [2.05, 4.69) is 15.3 Å². The van der Waals surface area contributed by atoms with Crippen molar-refractivity contribution in [1.29, 1.82) is 0 Å². The van der Waals surface area contributed by atoms with Crippen molar-refractivity contribution in [1.82, 2.24) is 9.97 Å². The van der Waals surface area contributed by atoms with Crippen LogP contribution in [-0.2, 0) is 9.53 Å². The Bertz CT molecular complexity index is 871. The van der Waals surface area contributed by atoms with Crippen molar-refractivity contribution in [2.45, 2.75) is 25.2 Å². The number of carbonyl (C=O) groups is 1. The standard InChI is InChI=1S/C19H19F2N3O2/c20-19(21)11-8-13-14(9-11)18(13,19)17(25)26-7-3-6-22-16-12-4-1-2-5-15(12)23-10-24-16/h1-2,4-5,10-11,13-14H,3,6-9H2,(H,22,23,24). The smallest absolute Gasteiger partial charge is 0.318 e. The molecule has 1 heterocycles. The van der Waals surface area contributed by atoms with Gasteiger partial charge in [0.15, 0.2) is 0 Å². The lowest BCUT2D eigenvalue weighted by Gasteiger charge is -2.21. The Morgan fingerprint density at radius 3 is 2.73 bits per heavy atom. The number of halogens is 2. The largest absolute Gasteiger partial charge is 0.465 e.